The first kappa shape index (κ1) is 22.6. The monoisotopic (exact) mass is 440 g/mol. The summed E-state index contributed by atoms with van der Waals surface area (Å²) in [6.07, 6.45) is 19.9. The maximum absolute atomic E-state index is 12.9. The minimum Gasteiger partial charge on any atom is -0.300 e. The van der Waals surface area contributed by atoms with Crippen molar-refractivity contribution in [3.63, 3.8) is 0 Å². The fraction of sp³-hybridized carbons (Fsp3) is 0.531. The van der Waals surface area contributed by atoms with Gasteiger partial charge >= 0.3 is 0 Å². The smallest absolute Gasteiger partial charge is 0.133 e. The van der Waals surface area contributed by atoms with Crippen LogP contribution in [-0.4, -0.2) is 5.78 Å². The molecule has 1 aromatic carbocycles. The van der Waals surface area contributed by atoms with Crippen LogP contribution in [0.2, 0.25) is 0 Å². The number of rotatable bonds is 6. The van der Waals surface area contributed by atoms with Gasteiger partial charge in [0.1, 0.15) is 5.78 Å². The fourth-order valence-electron chi connectivity index (χ4n) is 8.43. The number of carbonyl (C=O) groups excluding carboxylic acids is 1. The number of hydrogen-bond donors (Lipinski definition) is 0. The first-order chi connectivity index (χ1) is 15.9. The minimum atomic E-state index is 0.203. The summed E-state index contributed by atoms with van der Waals surface area (Å²) >= 11 is 0. The van der Waals surface area contributed by atoms with Crippen LogP contribution in [0.25, 0.3) is 6.08 Å². The Bertz CT molecular complexity index is 1010. The Balaban J connectivity index is 1.40. The van der Waals surface area contributed by atoms with Crippen LogP contribution in [0.15, 0.2) is 66.8 Å². The van der Waals surface area contributed by atoms with Gasteiger partial charge in [0.15, 0.2) is 0 Å². The van der Waals surface area contributed by atoms with Crippen LogP contribution in [-0.2, 0) is 11.2 Å². The lowest BCUT2D eigenvalue weighted by Crippen LogP contribution is -2.50. The zero-order chi connectivity index (χ0) is 23.2. The molecule has 4 aliphatic carbocycles. The third kappa shape index (κ3) is 3.72. The molecule has 4 aliphatic rings. The standard InChI is InChI=1S/C32H40O/c1-5-24-8-10-25(11-9-24)7-6-18-32-20-17-29-27(30(32)15-14-28(32)23(3)33)13-12-26-21-22(2)16-19-31(26,29)4/h5,8-13,21,27-30H,1-2,6-7,14-20H2,3-4H3/t27-,28-,29-,30+,31-,32-/m1/s1. The summed E-state index contributed by atoms with van der Waals surface area (Å²) in [5.41, 5.74) is 5.87. The molecule has 174 valence electrons. The molecule has 0 spiro atoms. The highest BCUT2D eigenvalue weighted by Gasteiger charge is 2.60. The van der Waals surface area contributed by atoms with E-state index in [1.54, 1.807) is 0 Å². The van der Waals surface area contributed by atoms with Gasteiger partial charge in [-0.15, -0.1) is 0 Å². The van der Waals surface area contributed by atoms with E-state index in [0.29, 0.717) is 17.6 Å². The van der Waals surface area contributed by atoms with Gasteiger partial charge in [0.2, 0.25) is 0 Å². The molecule has 0 aliphatic heterocycles. The predicted molar refractivity (Wildman–Crippen MR) is 139 cm³/mol. The van der Waals surface area contributed by atoms with Gasteiger partial charge in [-0.25, -0.2) is 0 Å². The first-order valence-electron chi connectivity index (χ1n) is 13.2. The van der Waals surface area contributed by atoms with Gasteiger partial charge < -0.3 is 0 Å². The van der Waals surface area contributed by atoms with E-state index in [1.165, 1.54) is 60.8 Å². The van der Waals surface area contributed by atoms with Gasteiger partial charge in [-0.3, -0.25) is 4.79 Å². The summed E-state index contributed by atoms with van der Waals surface area (Å²) in [6, 6.07) is 8.82. The highest BCUT2D eigenvalue weighted by atomic mass is 16.1. The van der Waals surface area contributed by atoms with Crippen LogP contribution in [0.4, 0.5) is 0 Å². The fourth-order valence-corrected chi connectivity index (χ4v) is 8.43. The van der Waals surface area contributed by atoms with Crippen molar-refractivity contribution in [2.45, 2.75) is 71.6 Å². The molecule has 1 nitrogen and oxygen atoms in total. The summed E-state index contributed by atoms with van der Waals surface area (Å²) in [5.74, 6) is 2.70. The zero-order valence-corrected chi connectivity index (χ0v) is 20.6. The highest BCUT2D eigenvalue weighted by Crippen LogP contribution is 2.67. The highest BCUT2D eigenvalue weighted by molar-refractivity contribution is 5.79. The normalized spacial score (nSPS) is 37.0. The minimum absolute atomic E-state index is 0.203. The lowest BCUT2D eigenvalue weighted by Gasteiger charge is -2.57. The predicted octanol–water partition coefficient (Wildman–Crippen LogP) is 8.13. The molecular weight excluding hydrogens is 400 g/mol. The van der Waals surface area contributed by atoms with Crippen molar-refractivity contribution in [1.29, 1.82) is 0 Å². The number of ketones is 1. The van der Waals surface area contributed by atoms with Gasteiger partial charge in [0, 0.05) is 5.92 Å². The van der Waals surface area contributed by atoms with Gasteiger partial charge in [-0.05, 0) is 110 Å². The van der Waals surface area contributed by atoms with Gasteiger partial charge in [0.25, 0.3) is 0 Å². The Labute approximate surface area is 200 Å². The topological polar surface area (TPSA) is 17.1 Å². The Hall–Kier alpha value is -2.15. The molecule has 2 saturated carbocycles. The number of Topliss-reactive ketones (excluding diaryl/α,β-unsaturated/α-hetero) is 1. The van der Waals surface area contributed by atoms with Crippen LogP contribution >= 0.6 is 0 Å². The molecule has 33 heavy (non-hydrogen) atoms. The third-order valence-electron chi connectivity index (χ3n) is 10.2. The summed E-state index contributed by atoms with van der Waals surface area (Å²) < 4.78 is 0. The lowest BCUT2D eigenvalue weighted by molar-refractivity contribution is -0.128. The number of allylic oxidation sites excluding steroid dienone is 5. The summed E-state index contributed by atoms with van der Waals surface area (Å²) in [5, 5.41) is 0. The van der Waals surface area contributed by atoms with Crippen molar-refractivity contribution in [3.05, 3.63) is 77.9 Å². The van der Waals surface area contributed by atoms with Crippen molar-refractivity contribution in [3.8, 4) is 0 Å². The van der Waals surface area contributed by atoms with Crippen molar-refractivity contribution in [1.82, 2.24) is 0 Å². The SMILES string of the molecule is C=Cc1ccc(CCC[C@]23CC[C@@H]4[C@@H](C=CC5=CC(=C)CC[C@]54C)[C@@H]2CC[C@@H]3C(C)=O)cc1. The molecular formula is C32H40O. The molecule has 0 bridgehead atoms. The van der Waals surface area contributed by atoms with Crippen LogP contribution in [0.3, 0.4) is 0 Å². The number of aryl methyl sites for hydroxylation is 1. The molecule has 0 aromatic heterocycles. The van der Waals surface area contributed by atoms with E-state index in [0.717, 1.165) is 25.2 Å². The van der Waals surface area contributed by atoms with Gasteiger partial charge in [0.05, 0.1) is 0 Å². The van der Waals surface area contributed by atoms with E-state index in [2.05, 4.69) is 62.6 Å². The van der Waals surface area contributed by atoms with Crippen LogP contribution in [0.5, 0.6) is 0 Å². The average molecular weight is 441 g/mol. The quantitative estimate of drug-likeness (QED) is 0.436. The second-order valence-electron chi connectivity index (χ2n) is 11.6. The number of hydrogen-bond acceptors (Lipinski definition) is 1. The maximum atomic E-state index is 12.9. The van der Waals surface area contributed by atoms with Crippen molar-refractivity contribution in [2.24, 2.45) is 34.5 Å². The summed E-state index contributed by atoms with van der Waals surface area (Å²) in [4.78, 5) is 12.9. The molecule has 1 aromatic rings. The van der Waals surface area contributed by atoms with Crippen molar-refractivity contribution >= 4 is 11.9 Å². The maximum Gasteiger partial charge on any atom is 0.133 e. The molecule has 2 fully saturated rings. The third-order valence-corrected chi connectivity index (χ3v) is 10.2. The Kier molecular flexibility index (Phi) is 5.88. The Morgan fingerprint density at radius 2 is 1.91 bits per heavy atom. The second kappa shape index (κ2) is 8.57. The van der Waals surface area contributed by atoms with Gasteiger partial charge in [-0.1, -0.05) is 74.2 Å². The van der Waals surface area contributed by atoms with E-state index in [-0.39, 0.29) is 16.7 Å². The molecule has 0 amide bonds. The molecule has 6 atom stereocenters. The number of fused-ring (bicyclic) bond motifs is 5. The van der Waals surface area contributed by atoms with Crippen LogP contribution < -0.4 is 0 Å². The lowest BCUT2D eigenvalue weighted by atomic mass is 9.47. The summed E-state index contributed by atoms with van der Waals surface area (Å²) in [6.45, 7) is 12.5. The second-order valence-corrected chi connectivity index (χ2v) is 11.6. The van der Waals surface area contributed by atoms with Crippen molar-refractivity contribution < 1.29 is 4.79 Å². The summed E-state index contributed by atoms with van der Waals surface area (Å²) in [7, 11) is 0. The van der Waals surface area contributed by atoms with Gasteiger partial charge in [-0.2, -0.15) is 0 Å². The molecule has 5 rings (SSSR count). The number of carbonyl (C=O) groups is 1. The number of benzene rings is 1. The van der Waals surface area contributed by atoms with Crippen LogP contribution in [0.1, 0.15) is 76.3 Å². The molecule has 0 saturated heterocycles. The Morgan fingerprint density at radius 3 is 2.64 bits per heavy atom. The van der Waals surface area contributed by atoms with Crippen LogP contribution in [0, 0.1) is 34.5 Å². The Morgan fingerprint density at radius 1 is 1.12 bits per heavy atom. The van der Waals surface area contributed by atoms with E-state index < -0.39 is 0 Å². The molecule has 0 unspecified atom stereocenters. The largest absolute Gasteiger partial charge is 0.300 e. The van der Waals surface area contributed by atoms with E-state index in [1.807, 2.05) is 13.0 Å². The zero-order valence-electron chi connectivity index (χ0n) is 20.6. The average Bonchev–Trinajstić information content (AvgIpc) is 3.20. The van der Waals surface area contributed by atoms with E-state index in [4.69, 9.17) is 0 Å². The first-order valence-corrected chi connectivity index (χ1v) is 13.2. The van der Waals surface area contributed by atoms with Crippen molar-refractivity contribution in [2.75, 3.05) is 0 Å². The molecule has 1 heteroatoms. The molecule has 0 radical (unpaired) electrons. The molecule has 0 heterocycles. The van der Waals surface area contributed by atoms with E-state index in [9.17, 15) is 4.79 Å². The van der Waals surface area contributed by atoms with E-state index >= 15 is 0 Å². The molecule has 0 N–H and O–H groups in total.